The van der Waals surface area contributed by atoms with Crippen molar-refractivity contribution in [1.29, 1.82) is 0 Å². The first-order valence-electron chi connectivity index (χ1n) is 10.1. The van der Waals surface area contributed by atoms with Crippen molar-refractivity contribution in [1.82, 2.24) is 19.3 Å². The maximum absolute atomic E-state index is 13.4. The Morgan fingerprint density at radius 2 is 1.78 bits per heavy atom. The molecule has 32 heavy (non-hydrogen) atoms. The second-order valence-electron chi connectivity index (χ2n) is 7.44. The highest BCUT2D eigenvalue weighted by molar-refractivity contribution is 7.90. The third-order valence-corrected chi connectivity index (χ3v) is 6.96. The molecule has 0 saturated heterocycles. The fourth-order valence-electron chi connectivity index (χ4n) is 3.81. The molecule has 0 aliphatic carbocycles. The Bertz CT molecular complexity index is 1530. The lowest BCUT2D eigenvalue weighted by molar-refractivity contribution is 0.588. The topological polar surface area (TPSA) is 88.9 Å². The summed E-state index contributed by atoms with van der Waals surface area (Å²) in [6, 6.07) is 18.8. The number of pyridine rings is 2. The smallest absolute Gasteiger partial charge is 0.269 e. The molecule has 8 heteroatoms. The Balaban J connectivity index is 1.61. The lowest BCUT2D eigenvalue weighted by Crippen LogP contribution is -2.12. The number of benzene rings is 2. The van der Waals surface area contributed by atoms with Crippen molar-refractivity contribution in [3.63, 3.8) is 0 Å². The number of hydrogen-bond donors (Lipinski definition) is 2. The number of hydrogen-bond acceptors (Lipinski definition) is 6. The van der Waals surface area contributed by atoms with Crippen LogP contribution in [0.2, 0.25) is 0 Å². The molecule has 0 radical (unpaired) electrons. The summed E-state index contributed by atoms with van der Waals surface area (Å²) in [4.78, 5) is 8.47. The summed E-state index contributed by atoms with van der Waals surface area (Å²) in [7, 11) is -1.95. The molecule has 0 unspecified atom stereocenters. The van der Waals surface area contributed by atoms with Gasteiger partial charge in [0.2, 0.25) is 0 Å². The van der Waals surface area contributed by atoms with Crippen LogP contribution in [0.15, 0.2) is 90.3 Å². The molecule has 5 aromatic rings. The van der Waals surface area contributed by atoms with E-state index >= 15 is 0 Å². The highest BCUT2D eigenvalue weighted by Gasteiger charge is 2.21. The molecule has 0 atom stereocenters. The number of aromatic nitrogens is 3. The Hall–Kier alpha value is -3.75. The van der Waals surface area contributed by atoms with Crippen molar-refractivity contribution in [2.24, 2.45) is 0 Å². The van der Waals surface area contributed by atoms with Gasteiger partial charge < -0.3 is 10.6 Å². The summed E-state index contributed by atoms with van der Waals surface area (Å²) in [5.41, 5.74) is 4.11. The number of rotatable bonds is 6. The van der Waals surface area contributed by atoms with E-state index in [2.05, 4.69) is 20.6 Å². The molecule has 160 valence electrons. The monoisotopic (exact) mass is 443 g/mol. The molecule has 5 rings (SSSR count). The lowest BCUT2D eigenvalue weighted by atomic mass is 10.1. The fraction of sp³-hybridized carbons (Fsp3) is 0.0833. The standard InChI is InChI=1S/C24H21N5O2S/c1-25-14-18-16-29(32(30,31)21-5-3-10-26-15-21)24-13-20(6-8-22(18)24)28-19-7-9-23-17(12-19)4-2-11-27-23/h2-13,15-16,25,28H,14H2,1H3. The van der Waals surface area contributed by atoms with E-state index < -0.39 is 10.0 Å². The van der Waals surface area contributed by atoms with Crippen LogP contribution in [0.1, 0.15) is 5.56 Å². The van der Waals surface area contributed by atoms with E-state index in [1.165, 1.54) is 10.2 Å². The summed E-state index contributed by atoms with van der Waals surface area (Å²) in [6.45, 7) is 0.552. The van der Waals surface area contributed by atoms with Crippen LogP contribution in [-0.4, -0.2) is 29.4 Å². The Morgan fingerprint density at radius 3 is 2.59 bits per heavy atom. The van der Waals surface area contributed by atoms with Gasteiger partial charge in [0, 0.05) is 53.5 Å². The van der Waals surface area contributed by atoms with E-state index in [0.717, 1.165) is 33.2 Å². The molecule has 0 aliphatic heterocycles. The predicted octanol–water partition coefficient (Wildman–Crippen LogP) is 4.28. The summed E-state index contributed by atoms with van der Waals surface area (Å²) < 4.78 is 28.0. The molecule has 2 N–H and O–H groups in total. The number of nitrogens with one attached hydrogen (secondary N) is 2. The van der Waals surface area contributed by atoms with Gasteiger partial charge >= 0.3 is 0 Å². The van der Waals surface area contributed by atoms with Gasteiger partial charge in [-0.15, -0.1) is 0 Å². The van der Waals surface area contributed by atoms with Crippen LogP contribution in [0.3, 0.4) is 0 Å². The van der Waals surface area contributed by atoms with E-state index in [0.29, 0.717) is 12.1 Å². The minimum atomic E-state index is -3.79. The molecule has 7 nitrogen and oxygen atoms in total. The van der Waals surface area contributed by atoms with Gasteiger partial charge in [0.1, 0.15) is 4.90 Å². The van der Waals surface area contributed by atoms with Crippen molar-refractivity contribution in [2.75, 3.05) is 12.4 Å². The summed E-state index contributed by atoms with van der Waals surface area (Å²) in [5, 5.41) is 8.39. The highest BCUT2D eigenvalue weighted by Crippen LogP contribution is 2.30. The van der Waals surface area contributed by atoms with Crippen LogP contribution in [0.5, 0.6) is 0 Å². The second-order valence-corrected chi connectivity index (χ2v) is 9.26. The van der Waals surface area contributed by atoms with E-state index in [1.54, 1.807) is 30.7 Å². The number of anilines is 2. The zero-order valence-corrected chi connectivity index (χ0v) is 18.2. The zero-order valence-electron chi connectivity index (χ0n) is 17.4. The van der Waals surface area contributed by atoms with E-state index in [9.17, 15) is 8.42 Å². The maximum Gasteiger partial charge on any atom is 0.269 e. The van der Waals surface area contributed by atoms with Crippen molar-refractivity contribution in [3.8, 4) is 0 Å². The molecule has 2 aromatic carbocycles. The van der Waals surface area contributed by atoms with Crippen molar-refractivity contribution in [3.05, 3.63) is 91.0 Å². The van der Waals surface area contributed by atoms with Crippen LogP contribution in [0.25, 0.3) is 21.8 Å². The molecule has 3 aromatic heterocycles. The average Bonchev–Trinajstić information content (AvgIpc) is 3.18. The maximum atomic E-state index is 13.4. The zero-order chi connectivity index (χ0) is 22.1. The number of fused-ring (bicyclic) bond motifs is 2. The molecular formula is C24H21N5O2S. The van der Waals surface area contributed by atoms with Crippen LogP contribution >= 0.6 is 0 Å². The quantitative estimate of drug-likeness (QED) is 0.407. The van der Waals surface area contributed by atoms with Gasteiger partial charge in [-0.2, -0.15) is 0 Å². The van der Waals surface area contributed by atoms with Crippen LogP contribution in [0, 0.1) is 0 Å². The van der Waals surface area contributed by atoms with Crippen LogP contribution in [0.4, 0.5) is 11.4 Å². The predicted molar refractivity (Wildman–Crippen MR) is 127 cm³/mol. The Morgan fingerprint density at radius 1 is 0.969 bits per heavy atom. The molecule has 0 fully saturated rings. The van der Waals surface area contributed by atoms with Gasteiger partial charge in [0.15, 0.2) is 0 Å². The van der Waals surface area contributed by atoms with E-state index in [1.807, 2.05) is 55.6 Å². The molecule has 3 heterocycles. The lowest BCUT2D eigenvalue weighted by Gasteiger charge is -2.10. The molecule has 0 bridgehead atoms. The first-order chi connectivity index (χ1) is 15.6. The average molecular weight is 444 g/mol. The van der Waals surface area contributed by atoms with Gasteiger partial charge in [-0.05, 0) is 61.1 Å². The third kappa shape index (κ3) is 3.59. The third-order valence-electron chi connectivity index (χ3n) is 5.30. The first-order valence-corrected chi connectivity index (χ1v) is 11.6. The van der Waals surface area contributed by atoms with Crippen LogP contribution < -0.4 is 10.6 Å². The van der Waals surface area contributed by atoms with Crippen molar-refractivity contribution in [2.45, 2.75) is 11.4 Å². The Labute approximate surface area is 185 Å². The van der Waals surface area contributed by atoms with Crippen molar-refractivity contribution >= 4 is 43.2 Å². The van der Waals surface area contributed by atoms with Gasteiger partial charge in [0.25, 0.3) is 10.0 Å². The van der Waals surface area contributed by atoms with Crippen molar-refractivity contribution < 1.29 is 8.42 Å². The minimum absolute atomic E-state index is 0.147. The summed E-state index contributed by atoms with van der Waals surface area (Å²) in [6.07, 6.45) is 6.36. The van der Waals surface area contributed by atoms with E-state index in [-0.39, 0.29) is 4.90 Å². The summed E-state index contributed by atoms with van der Waals surface area (Å²) in [5.74, 6) is 0. The van der Waals surface area contributed by atoms with Gasteiger partial charge in [0.05, 0.1) is 11.0 Å². The molecule has 0 aliphatic rings. The normalized spacial score (nSPS) is 11.8. The number of nitrogens with zero attached hydrogens (tertiary/aromatic N) is 3. The van der Waals surface area contributed by atoms with Crippen LogP contribution in [-0.2, 0) is 16.6 Å². The second kappa shape index (κ2) is 8.07. The summed E-state index contributed by atoms with van der Waals surface area (Å²) >= 11 is 0. The van der Waals surface area contributed by atoms with E-state index in [4.69, 9.17) is 0 Å². The highest BCUT2D eigenvalue weighted by atomic mass is 32.2. The first kappa shape index (κ1) is 20.2. The molecule has 0 amide bonds. The fourth-order valence-corrected chi connectivity index (χ4v) is 5.16. The molecular weight excluding hydrogens is 422 g/mol. The van der Waals surface area contributed by atoms with Gasteiger partial charge in [-0.25, -0.2) is 12.4 Å². The molecule has 0 saturated carbocycles. The largest absolute Gasteiger partial charge is 0.355 e. The van der Waals surface area contributed by atoms with Gasteiger partial charge in [-0.1, -0.05) is 12.1 Å². The minimum Gasteiger partial charge on any atom is -0.355 e. The van der Waals surface area contributed by atoms with Gasteiger partial charge in [-0.3, -0.25) is 9.97 Å². The SMILES string of the molecule is CNCc1cn(S(=O)(=O)c2cccnc2)c2cc(Nc3ccc4ncccc4c3)ccc12. The molecule has 0 spiro atoms. The Kier molecular flexibility index (Phi) is 5.08.